The van der Waals surface area contributed by atoms with E-state index in [0.717, 1.165) is 11.3 Å². The zero-order chi connectivity index (χ0) is 31.7. The molecule has 0 fully saturated rings. The number of halogens is 1. The number of aryl methyl sites for hydroxylation is 2. The molecule has 5 aromatic rings. The summed E-state index contributed by atoms with van der Waals surface area (Å²) in [5, 5.41) is 8.69. The van der Waals surface area contributed by atoms with E-state index in [2.05, 4.69) is 30.9 Å². The molecule has 0 unspecified atom stereocenters. The largest absolute Gasteiger partial charge is 0.366 e. The summed E-state index contributed by atoms with van der Waals surface area (Å²) in [6.45, 7) is 3.16. The number of nitrogens with zero attached hydrogens (tertiary/aromatic N) is 5. The summed E-state index contributed by atoms with van der Waals surface area (Å²) in [7, 11) is 0. The number of nitrogens with two attached hydrogens (primary N) is 1. The lowest BCUT2D eigenvalue weighted by Gasteiger charge is -2.30. The molecule has 1 aliphatic heterocycles. The van der Waals surface area contributed by atoms with Gasteiger partial charge in [-0.3, -0.25) is 19.8 Å². The number of nitrogens with one attached hydrogen (secondary N) is 3. The van der Waals surface area contributed by atoms with Crippen LogP contribution in [0, 0.1) is 13.8 Å². The van der Waals surface area contributed by atoms with Crippen molar-refractivity contribution in [3.8, 4) is 5.69 Å². The van der Waals surface area contributed by atoms with Crippen LogP contribution in [0.1, 0.15) is 43.1 Å². The molecule has 0 spiro atoms. The number of hydrogen-bond donors (Lipinski definition) is 4. The number of hydrogen-bond acceptors (Lipinski definition) is 7. The minimum Gasteiger partial charge on any atom is -0.366 e. The van der Waals surface area contributed by atoms with E-state index in [9.17, 15) is 18.8 Å². The first kappa shape index (κ1) is 29.0. The molecule has 1 aliphatic rings. The van der Waals surface area contributed by atoms with E-state index in [1.54, 1.807) is 77.9 Å². The first-order valence-corrected chi connectivity index (χ1v) is 13.9. The zero-order valence-corrected chi connectivity index (χ0v) is 24.3. The molecule has 0 saturated heterocycles. The predicted octanol–water partition coefficient (Wildman–Crippen LogP) is 5.40. The Labute approximate surface area is 257 Å². The Hall–Kier alpha value is -6.11. The zero-order valence-electron chi connectivity index (χ0n) is 24.3. The molecule has 12 nitrogen and oxygen atoms in total. The van der Waals surface area contributed by atoms with Crippen molar-refractivity contribution in [2.75, 3.05) is 20.9 Å². The van der Waals surface area contributed by atoms with E-state index < -0.39 is 24.5 Å². The quantitative estimate of drug-likeness (QED) is 0.184. The maximum atomic E-state index is 13.7. The van der Waals surface area contributed by atoms with E-state index in [0.29, 0.717) is 45.3 Å². The van der Waals surface area contributed by atoms with E-state index in [1.165, 1.54) is 11.0 Å². The van der Waals surface area contributed by atoms with Gasteiger partial charge in [0, 0.05) is 46.1 Å². The van der Waals surface area contributed by atoms with Gasteiger partial charge in [0.15, 0.2) is 0 Å². The van der Waals surface area contributed by atoms with E-state index in [4.69, 9.17) is 5.73 Å². The third-order valence-electron chi connectivity index (χ3n) is 7.23. The fraction of sp³-hybridized carbons (Fsp3) is 0.125. The highest BCUT2D eigenvalue weighted by Gasteiger charge is 2.27. The second-order valence-corrected chi connectivity index (χ2v) is 10.6. The summed E-state index contributed by atoms with van der Waals surface area (Å²) in [4.78, 5) is 52.6. The van der Waals surface area contributed by atoms with Crippen molar-refractivity contribution in [2.24, 2.45) is 5.73 Å². The fourth-order valence-corrected chi connectivity index (χ4v) is 4.95. The predicted molar refractivity (Wildman–Crippen MR) is 168 cm³/mol. The molecule has 226 valence electrons. The molecule has 0 saturated carbocycles. The molecule has 0 radical (unpaired) electrons. The molecule has 0 bridgehead atoms. The third kappa shape index (κ3) is 6.18. The van der Waals surface area contributed by atoms with Crippen LogP contribution in [0.2, 0.25) is 0 Å². The molecule has 0 atom stereocenters. The van der Waals surface area contributed by atoms with Gasteiger partial charge in [-0.2, -0.15) is 4.98 Å². The van der Waals surface area contributed by atoms with Gasteiger partial charge in [0.1, 0.15) is 12.5 Å². The molecule has 4 amide bonds. The first-order valence-electron chi connectivity index (χ1n) is 13.9. The molecule has 5 N–H and O–H groups in total. The van der Waals surface area contributed by atoms with Gasteiger partial charge in [0.05, 0.1) is 24.3 Å². The number of carbonyl (C=O) groups excluding carboxylic acids is 3. The Kier molecular flexibility index (Phi) is 7.65. The maximum absolute atomic E-state index is 13.7. The molecule has 2 aromatic heterocycles. The van der Waals surface area contributed by atoms with Gasteiger partial charge in [0.2, 0.25) is 11.9 Å². The van der Waals surface area contributed by atoms with Gasteiger partial charge in [-0.1, -0.05) is 12.1 Å². The van der Waals surface area contributed by atoms with Crippen molar-refractivity contribution in [2.45, 2.75) is 27.1 Å². The molecular weight excluding hydrogens is 577 g/mol. The average molecular weight is 606 g/mol. The standard InChI is InChI=1S/C32H28FN9O3/c1-18-6-7-25(37-30(44)22-8-20(13-33)9-26(11-22)41-15-19(2)36-17-41)12-27(18)42-16-23-14-35-31(39-29(23)40-32(42)45)38-24-5-3-4-21(10-24)28(34)43/h3-12,14-15,17H,13,16H2,1-2H3,(H2,34,43)(H,37,44)(H2,35,38,39,40,45). The van der Waals surface area contributed by atoms with Crippen LogP contribution in [-0.4, -0.2) is 37.4 Å². The molecule has 13 heteroatoms. The second kappa shape index (κ2) is 11.9. The number of alkyl halides is 1. The number of urea groups is 1. The van der Waals surface area contributed by atoms with Crippen LogP contribution in [0.25, 0.3) is 5.69 Å². The van der Waals surface area contributed by atoms with Gasteiger partial charge in [-0.15, -0.1) is 0 Å². The summed E-state index contributed by atoms with van der Waals surface area (Å²) >= 11 is 0. The highest BCUT2D eigenvalue weighted by atomic mass is 19.1. The van der Waals surface area contributed by atoms with Gasteiger partial charge in [0.25, 0.3) is 5.91 Å². The topological polar surface area (TPSA) is 160 Å². The number of fused-ring (bicyclic) bond motifs is 1. The van der Waals surface area contributed by atoms with Crippen molar-refractivity contribution >= 4 is 46.7 Å². The smallest absolute Gasteiger partial charge is 0.327 e. The maximum Gasteiger partial charge on any atom is 0.327 e. The molecule has 45 heavy (non-hydrogen) atoms. The Bertz CT molecular complexity index is 1970. The number of aromatic nitrogens is 4. The number of imidazole rings is 1. The normalized spacial score (nSPS) is 12.3. The third-order valence-corrected chi connectivity index (χ3v) is 7.23. The van der Waals surface area contributed by atoms with Crippen LogP contribution in [-0.2, 0) is 13.2 Å². The monoisotopic (exact) mass is 605 g/mol. The van der Waals surface area contributed by atoms with Crippen molar-refractivity contribution in [1.29, 1.82) is 0 Å². The summed E-state index contributed by atoms with van der Waals surface area (Å²) in [5.74, 6) is -0.412. The highest BCUT2D eigenvalue weighted by Crippen LogP contribution is 2.31. The van der Waals surface area contributed by atoms with Crippen LogP contribution in [0.15, 0.2) is 79.4 Å². The van der Waals surface area contributed by atoms with E-state index in [1.807, 2.05) is 13.8 Å². The Morgan fingerprint density at radius 3 is 2.62 bits per heavy atom. The van der Waals surface area contributed by atoms with Crippen molar-refractivity contribution in [3.63, 3.8) is 0 Å². The van der Waals surface area contributed by atoms with Crippen LogP contribution < -0.4 is 26.6 Å². The van der Waals surface area contributed by atoms with E-state index in [-0.39, 0.29) is 18.1 Å². The highest BCUT2D eigenvalue weighted by molar-refractivity contribution is 6.07. The molecule has 3 heterocycles. The van der Waals surface area contributed by atoms with Crippen LogP contribution in [0.5, 0.6) is 0 Å². The molecule has 3 aromatic carbocycles. The van der Waals surface area contributed by atoms with Gasteiger partial charge in [-0.25, -0.2) is 19.2 Å². The lowest BCUT2D eigenvalue weighted by molar-refractivity contribution is 0.0997. The number of primary amides is 1. The Balaban J connectivity index is 1.21. The minimum atomic E-state index is -0.730. The summed E-state index contributed by atoms with van der Waals surface area (Å²) in [6, 6.07) is 16.3. The Morgan fingerprint density at radius 2 is 1.87 bits per heavy atom. The van der Waals surface area contributed by atoms with Crippen molar-refractivity contribution in [1.82, 2.24) is 19.5 Å². The lowest BCUT2D eigenvalue weighted by atomic mass is 10.1. The number of benzene rings is 3. The SMILES string of the molecule is Cc1cn(-c2cc(CF)cc(C(=O)Nc3ccc(C)c(N4Cc5cnc(Nc6cccc(C(N)=O)c6)nc5NC4=O)c3)c2)cn1. The number of rotatable bonds is 8. The van der Waals surface area contributed by atoms with Crippen LogP contribution >= 0.6 is 0 Å². The van der Waals surface area contributed by atoms with Crippen molar-refractivity contribution < 1.29 is 18.8 Å². The van der Waals surface area contributed by atoms with Crippen molar-refractivity contribution in [3.05, 3.63) is 113 Å². The molecule has 0 aliphatic carbocycles. The second-order valence-electron chi connectivity index (χ2n) is 10.6. The summed E-state index contributed by atoms with van der Waals surface area (Å²) in [5.41, 5.74) is 10.8. The molecule has 6 rings (SSSR count). The number of carbonyl (C=O) groups is 3. The Morgan fingerprint density at radius 1 is 1.02 bits per heavy atom. The average Bonchev–Trinajstić information content (AvgIpc) is 3.47. The van der Waals surface area contributed by atoms with Gasteiger partial charge in [-0.05, 0) is 73.5 Å². The first-order chi connectivity index (χ1) is 21.7. The number of anilines is 5. The lowest BCUT2D eigenvalue weighted by Crippen LogP contribution is -2.39. The van der Waals surface area contributed by atoms with Gasteiger partial charge < -0.3 is 20.9 Å². The van der Waals surface area contributed by atoms with Crippen LogP contribution in [0.3, 0.4) is 0 Å². The number of amides is 4. The van der Waals surface area contributed by atoms with E-state index >= 15 is 0 Å². The fourth-order valence-electron chi connectivity index (χ4n) is 4.95. The minimum absolute atomic E-state index is 0.184. The summed E-state index contributed by atoms with van der Waals surface area (Å²) in [6.07, 6.45) is 5.00. The van der Waals surface area contributed by atoms with Crippen LogP contribution in [0.4, 0.5) is 38.0 Å². The molecular formula is C32H28FN9O3. The van der Waals surface area contributed by atoms with Gasteiger partial charge >= 0.3 is 6.03 Å². The summed E-state index contributed by atoms with van der Waals surface area (Å²) < 4.78 is 15.4.